The van der Waals surface area contributed by atoms with Gasteiger partial charge in [0.1, 0.15) is 11.5 Å². The first kappa shape index (κ1) is 35.3. The number of phenols is 1. The number of benzene rings is 1. The summed E-state index contributed by atoms with van der Waals surface area (Å²) in [5.74, 6) is 1.51. The summed E-state index contributed by atoms with van der Waals surface area (Å²) in [6.45, 7) is 19.3. The second-order valence-electron chi connectivity index (χ2n) is 7.47. The average molecular weight is 480 g/mol. The van der Waals surface area contributed by atoms with E-state index in [4.69, 9.17) is 4.74 Å². The van der Waals surface area contributed by atoms with Crippen molar-refractivity contribution in [2.75, 3.05) is 7.11 Å². The van der Waals surface area contributed by atoms with Gasteiger partial charge in [0.05, 0.1) is 7.11 Å². The zero-order valence-electron chi connectivity index (χ0n) is 19.0. The zero-order chi connectivity index (χ0) is 19.8. The maximum Gasteiger partial charge on any atom is 0.122 e. The van der Waals surface area contributed by atoms with Crippen LogP contribution in [0.2, 0.25) is 13.1 Å². The van der Waals surface area contributed by atoms with Crippen molar-refractivity contribution in [2.24, 2.45) is 5.92 Å². The smallest absolute Gasteiger partial charge is 0.122 e. The van der Waals surface area contributed by atoms with Gasteiger partial charge in [0.15, 0.2) is 0 Å². The maximum atomic E-state index is 9.41. The third kappa shape index (κ3) is 12.4. The standard InChI is InChI=1S/C11H16O2.C9H13.C2H6Si.2ClH.Ti/c1-11(2,3)8-5-9(12)7-10(6-8)13-4;1-6-5-7(2)9(4)8(6)3;1-3-2;;;/h5-7,12H,1-4H3;6H,1-4H3;1-2H3;2*1H;/q;-1;;;;. The molecule has 1 aromatic carbocycles. The van der Waals surface area contributed by atoms with Gasteiger partial charge < -0.3 is 9.84 Å². The molecule has 0 saturated heterocycles. The topological polar surface area (TPSA) is 29.5 Å². The van der Waals surface area contributed by atoms with E-state index in [1.54, 1.807) is 19.2 Å². The van der Waals surface area contributed by atoms with Gasteiger partial charge in [0, 0.05) is 37.3 Å². The van der Waals surface area contributed by atoms with Gasteiger partial charge in [0.2, 0.25) is 0 Å². The molecule has 6 heteroatoms. The van der Waals surface area contributed by atoms with E-state index >= 15 is 0 Å². The largest absolute Gasteiger partial charge is 0.508 e. The molecule has 0 aliphatic heterocycles. The Hall–Kier alpha value is -0.189. The summed E-state index contributed by atoms with van der Waals surface area (Å²) >= 11 is 0. The van der Waals surface area contributed by atoms with Crippen LogP contribution in [0, 0.1) is 12.0 Å². The molecule has 1 unspecified atom stereocenters. The molecule has 2 radical (unpaired) electrons. The molecular weight excluding hydrogens is 443 g/mol. The van der Waals surface area contributed by atoms with E-state index < -0.39 is 0 Å². The Morgan fingerprint density at radius 1 is 1.04 bits per heavy atom. The van der Waals surface area contributed by atoms with Crippen molar-refractivity contribution in [1.82, 2.24) is 0 Å². The minimum absolute atomic E-state index is 0. The summed E-state index contributed by atoms with van der Waals surface area (Å²) in [5, 5.41) is 9.41. The summed E-state index contributed by atoms with van der Waals surface area (Å²) in [6.07, 6.45) is 3.36. The fourth-order valence-electron chi connectivity index (χ4n) is 2.30. The Bertz CT molecular complexity index is 623. The monoisotopic (exact) mass is 479 g/mol. The van der Waals surface area contributed by atoms with Crippen molar-refractivity contribution in [1.29, 1.82) is 0 Å². The predicted molar refractivity (Wildman–Crippen MR) is 125 cm³/mol. The zero-order valence-corrected chi connectivity index (χ0v) is 23.2. The van der Waals surface area contributed by atoms with Crippen LogP contribution in [0.15, 0.2) is 34.9 Å². The van der Waals surface area contributed by atoms with Crippen LogP contribution in [-0.4, -0.2) is 21.7 Å². The second-order valence-corrected chi connectivity index (χ2v) is 8.47. The molecule has 2 rings (SSSR count). The molecule has 0 amide bonds. The number of hydrogen-bond acceptors (Lipinski definition) is 2. The predicted octanol–water partition coefficient (Wildman–Crippen LogP) is 7.05. The summed E-state index contributed by atoms with van der Waals surface area (Å²) in [4.78, 5) is 0. The molecule has 1 aliphatic carbocycles. The van der Waals surface area contributed by atoms with Gasteiger partial charge >= 0.3 is 0 Å². The Kier molecular flexibility index (Phi) is 20.9. The molecule has 0 fully saturated rings. The van der Waals surface area contributed by atoms with Crippen LogP contribution < -0.4 is 4.74 Å². The first-order valence-electron chi connectivity index (χ1n) is 8.72. The third-order valence-corrected chi connectivity index (χ3v) is 4.23. The van der Waals surface area contributed by atoms with E-state index in [0.29, 0.717) is 11.7 Å². The van der Waals surface area contributed by atoms with Crippen LogP contribution in [0.5, 0.6) is 11.5 Å². The van der Waals surface area contributed by atoms with E-state index in [1.807, 2.05) is 6.07 Å². The average Bonchev–Trinajstić information content (AvgIpc) is 2.73. The SMILES string of the molecule is CC1=[C-]C(C)C(C)=C1C.COc1cc(O)cc(C(C)(C)C)c1.C[Si]C.Cl.Cl.[Ti]. The second kappa shape index (κ2) is 16.6. The Morgan fingerprint density at radius 2 is 1.50 bits per heavy atom. The number of aromatic hydroxyl groups is 1. The van der Waals surface area contributed by atoms with E-state index in [9.17, 15) is 5.11 Å². The van der Waals surface area contributed by atoms with E-state index in [2.05, 4.69) is 67.6 Å². The Morgan fingerprint density at radius 3 is 1.75 bits per heavy atom. The Balaban J connectivity index is -0.000000170. The molecule has 0 bridgehead atoms. The first-order chi connectivity index (χ1) is 11.5. The summed E-state index contributed by atoms with van der Waals surface area (Å²) in [6, 6.07) is 5.32. The van der Waals surface area contributed by atoms with E-state index in [1.165, 1.54) is 16.7 Å². The van der Waals surface area contributed by atoms with Gasteiger partial charge in [-0.2, -0.15) is 11.1 Å². The Labute approximate surface area is 203 Å². The quantitative estimate of drug-likeness (QED) is 0.345. The van der Waals surface area contributed by atoms with Crippen LogP contribution in [0.4, 0.5) is 0 Å². The molecule has 0 heterocycles. The van der Waals surface area contributed by atoms with Crippen molar-refractivity contribution in [2.45, 2.75) is 67.0 Å². The van der Waals surface area contributed by atoms with Gasteiger partial charge in [-0.05, 0) is 23.1 Å². The van der Waals surface area contributed by atoms with Crippen LogP contribution in [0.3, 0.4) is 0 Å². The molecule has 28 heavy (non-hydrogen) atoms. The fraction of sp³-hybridized carbons (Fsp3) is 0.545. The molecule has 0 spiro atoms. The molecule has 1 aliphatic rings. The summed E-state index contributed by atoms with van der Waals surface area (Å²) in [7, 11) is 2.68. The molecular formula is C22H37Cl2O2SiTi-. The van der Waals surface area contributed by atoms with Gasteiger partial charge in [-0.1, -0.05) is 60.6 Å². The van der Waals surface area contributed by atoms with Gasteiger partial charge in [-0.3, -0.25) is 6.08 Å². The normalized spacial score (nSPS) is 14.6. The molecule has 1 aromatic rings. The minimum atomic E-state index is 0. The minimum Gasteiger partial charge on any atom is -0.508 e. The van der Waals surface area contributed by atoms with Crippen LogP contribution in [-0.2, 0) is 27.1 Å². The van der Waals surface area contributed by atoms with Crippen molar-refractivity contribution >= 4 is 34.3 Å². The van der Waals surface area contributed by atoms with Crippen LogP contribution in [0.1, 0.15) is 54.0 Å². The fourth-order valence-corrected chi connectivity index (χ4v) is 2.30. The van der Waals surface area contributed by atoms with E-state index in [0.717, 1.165) is 15.1 Å². The van der Waals surface area contributed by atoms with Crippen molar-refractivity contribution < 1.29 is 31.6 Å². The molecule has 0 saturated carbocycles. The number of allylic oxidation sites excluding steroid dienone is 4. The van der Waals surface area contributed by atoms with Gasteiger partial charge in [0.25, 0.3) is 0 Å². The number of rotatable bonds is 1. The van der Waals surface area contributed by atoms with Gasteiger partial charge in [-0.15, -0.1) is 31.7 Å². The van der Waals surface area contributed by atoms with Crippen molar-refractivity contribution in [3.63, 3.8) is 0 Å². The first-order valence-corrected chi connectivity index (χ1v) is 10.7. The number of ether oxygens (including phenoxy) is 1. The summed E-state index contributed by atoms with van der Waals surface area (Å²) < 4.78 is 5.07. The summed E-state index contributed by atoms with van der Waals surface area (Å²) in [5.41, 5.74) is 5.35. The van der Waals surface area contributed by atoms with Crippen LogP contribution >= 0.6 is 24.8 Å². The van der Waals surface area contributed by atoms with E-state index in [-0.39, 0.29) is 57.7 Å². The van der Waals surface area contributed by atoms with Gasteiger partial charge in [-0.25, -0.2) is 5.57 Å². The molecule has 2 nitrogen and oxygen atoms in total. The molecule has 1 atom stereocenters. The van der Waals surface area contributed by atoms with Crippen LogP contribution in [0.25, 0.3) is 0 Å². The van der Waals surface area contributed by atoms with Crippen molar-refractivity contribution in [3.8, 4) is 11.5 Å². The number of methoxy groups -OCH3 is 1. The molecule has 0 aromatic heterocycles. The third-order valence-electron chi connectivity index (χ3n) is 4.23. The molecule has 1 N–H and O–H groups in total. The number of phenolic OH excluding ortho intramolecular Hbond substituents is 1. The number of hydrogen-bond donors (Lipinski definition) is 1. The number of halogens is 2. The maximum absolute atomic E-state index is 9.41. The van der Waals surface area contributed by atoms with Crippen molar-refractivity contribution in [3.05, 3.63) is 46.6 Å². The molecule has 160 valence electrons.